The number of rotatable bonds is 3. The standard InChI is InChI=1S/C29H24N2O4/c1-18-10-12-19(13-11-18)29(33)31-23-7-3-2-6-21(23)30-22-16-20(25-8-4-14-34-25)17-24(32)27(22)28(31)26-9-5-15-35-26/h2-15,20,28,30H,16-17H2,1H3/t20-,28-/m0/s1. The summed E-state index contributed by atoms with van der Waals surface area (Å²) in [4.78, 5) is 29.5. The Balaban J connectivity index is 1.55. The molecule has 0 saturated carbocycles. The van der Waals surface area contributed by atoms with E-state index in [1.807, 2.05) is 73.7 Å². The summed E-state index contributed by atoms with van der Waals surface area (Å²) in [7, 11) is 0. The Morgan fingerprint density at radius 1 is 0.886 bits per heavy atom. The van der Waals surface area contributed by atoms with Gasteiger partial charge in [0.2, 0.25) is 0 Å². The van der Waals surface area contributed by atoms with Crippen molar-refractivity contribution in [3.05, 3.63) is 119 Å². The van der Waals surface area contributed by atoms with E-state index in [4.69, 9.17) is 8.83 Å². The molecule has 1 amide bonds. The maximum absolute atomic E-state index is 14.1. The van der Waals surface area contributed by atoms with Crippen molar-refractivity contribution in [2.24, 2.45) is 0 Å². The number of para-hydroxylation sites is 2. The number of nitrogens with zero attached hydrogens (tertiary/aromatic N) is 1. The number of aryl methyl sites for hydroxylation is 1. The van der Waals surface area contributed by atoms with Crippen molar-refractivity contribution in [1.29, 1.82) is 0 Å². The zero-order valence-electron chi connectivity index (χ0n) is 19.2. The van der Waals surface area contributed by atoms with Crippen LogP contribution in [0, 0.1) is 6.92 Å². The van der Waals surface area contributed by atoms with Gasteiger partial charge in [0, 0.05) is 29.2 Å². The summed E-state index contributed by atoms with van der Waals surface area (Å²) in [5, 5.41) is 3.50. The first-order valence-electron chi connectivity index (χ1n) is 11.7. The number of nitrogens with one attached hydrogen (secondary N) is 1. The number of Topliss-reactive ketones (excluding diaryl/α,β-unsaturated/α-hetero) is 1. The molecule has 0 radical (unpaired) electrons. The van der Waals surface area contributed by atoms with E-state index in [0.29, 0.717) is 35.4 Å². The number of carbonyl (C=O) groups is 2. The van der Waals surface area contributed by atoms with E-state index in [0.717, 1.165) is 22.7 Å². The largest absolute Gasteiger partial charge is 0.469 e. The lowest BCUT2D eigenvalue weighted by Gasteiger charge is -2.33. The smallest absolute Gasteiger partial charge is 0.259 e. The summed E-state index contributed by atoms with van der Waals surface area (Å²) in [6.45, 7) is 1.98. The minimum atomic E-state index is -0.699. The first kappa shape index (κ1) is 21.2. The third-order valence-corrected chi connectivity index (χ3v) is 6.76. The van der Waals surface area contributed by atoms with Crippen LogP contribution in [0.1, 0.15) is 52.2 Å². The molecule has 35 heavy (non-hydrogen) atoms. The van der Waals surface area contributed by atoms with Gasteiger partial charge in [-0.3, -0.25) is 14.5 Å². The summed E-state index contributed by atoms with van der Waals surface area (Å²) in [6.07, 6.45) is 4.10. The van der Waals surface area contributed by atoms with Gasteiger partial charge in [0.1, 0.15) is 17.6 Å². The van der Waals surface area contributed by atoms with Crippen LogP contribution in [0.25, 0.3) is 0 Å². The number of anilines is 2. The van der Waals surface area contributed by atoms with E-state index in [2.05, 4.69) is 5.32 Å². The normalized spacial score (nSPS) is 19.6. The van der Waals surface area contributed by atoms with Gasteiger partial charge in [-0.2, -0.15) is 0 Å². The van der Waals surface area contributed by atoms with Crippen LogP contribution in [0.2, 0.25) is 0 Å². The molecule has 0 bridgehead atoms. The van der Waals surface area contributed by atoms with E-state index in [1.165, 1.54) is 0 Å². The van der Waals surface area contributed by atoms with Gasteiger partial charge >= 0.3 is 0 Å². The molecule has 2 aliphatic rings. The molecule has 174 valence electrons. The second-order valence-corrected chi connectivity index (χ2v) is 9.04. The van der Waals surface area contributed by atoms with E-state index in [9.17, 15) is 9.59 Å². The average molecular weight is 465 g/mol. The maximum Gasteiger partial charge on any atom is 0.259 e. The van der Waals surface area contributed by atoms with Crippen LogP contribution >= 0.6 is 0 Å². The predicted octanol–water partition coefficient (Wildman–Crippen LogP) is 6.40. The molecular formula is C29H24N2O4. The number of ketones is 1. The molecule has 2 aromatic carbocycles. The van der Waals surface area contributed by atoms with Crippen LogP contribution in [-0.2, 0) is 4.79 Å². The molecule has 6 rings (SSSR count). The molecule has 0 spiro atoms. The summed E-state index contributed by atoms with van der Waals surface area (Å²) < 4.78 is 11.5. The van der Waals surface area contributed by atoms with E-state index in [1.54, 1.807) is 23.5 Å². The lowest BCUT2D eigenvalue weighted by Crippen LogP contribution is -2.38. The molecule has 1 aliphatic heterocycles. The van der Waals surface area contributed by atoms with Crippen molar-refractivity contribution >= 4 is 23.1 Å². The number of carbonyl (C=O) groups excluding carboxylic acids is 2. The van der Waals surface area contributed by atoms with Gasteiger partial charge in [-0.25, -0.2) is 0 Å². The Hall–Kier alpha value is -4.32. The Morgan fingerprint density at radius 2 is 1.60 bits per heavy atom. The minimum absolute atomic E-state index is 0.0314. The molecule has 0 saturated heterocycles. The Labute approximate surface area is 202 Å². The van der Waals surface area contributed by atoms with E-state index >= 15 is 0 Å². The molecule has 2 aromatic heterocycles. The molecule has 6 nitrogen and oxygen atoms in total. The molecule has 2 atom stereocenters. The van der Waals surface area contributed by atoms with Crippen LogP contribution in [0.4, 0.5) is 11.4 Å². The average Bonchev–Trinajstić information content (AvgIpc) is 3.57. The predicted molar refractivity (Wildman–Crippen MR) is 132 cm³/mol. The summed E-state index contributed by atoms with van der Waals surface area (Å²) in [6, 6.07) is 21.8. The van der Waals surface area contributed by atoms with Crippen molar-refractivity contribution in [2.45, 2.75) is 31.7 Å². The SMILES string of the molecule is Cc1ccc(C(=O)N2c3ccccc3NC3=C(C(=O)C[C@@H](c4ccco4)C3)[C@@H]2c2ccco2)cc1. The quantitative estimate of drug-likeness (QED) is 0.380. The number of amides is 1. The van der Waals surface area contributed by atoms with Gasteiger partial charge in [0.05, 0.1) is 23.9 Å². The maximum atomic E-state index is 14.1. The third kappa shape index (κ3) is 3.67. The van der Waals surface area contributed by atoms with Crippen molar-refractivity contribution in [1.82, 2.24) is 0 Å². The minimum Gasteiger partial charge on any atom is -0.469 e. The summed E-state index contributed by atoms with van der Waals surface area (Å²) in [5.74, 6) is 1.02. The van der Waals surface area contributed by atoms with Crippen LogP contribution in [0.3, 0.4) is 0 Å². The van der Waals surface area contributed by atoms with Crippen molar-refractivity contribution in [2.75, 3.05) is 10.2 Å². The molecule has 6 heteroatoms. The van der Waals surface area contributed by atoms with Gasteiger partial charge in [-0.1, -0.05) is 29.8 Å². The van der Waals surface area contributed by atoms with E-state index < -0.39 is 6.04 Å². The second-order valence-electron chi connectivity index (χ2n) is 9.04. The fourth-order valence-corrected chi connectivity index (χ4v) is 5.09. The summed E-state index contributed by atoms with van der Waals surface area (Å²) >= 11 is 0. The highest BCUT2D eigenvalue weighted by molar-refractivity contribution is 6.11. The van der Waals surface area contributed by atoms with Crippen molar-refractivity contribution < 1.29 is 18.4 Å². The summed E-state index contributed by atoms with van der Waals surface area (Å²) in [5.41, 5.74) is 4.41. The monoisotopic (exact) mass is 464 g/mol. The van der Waals surface area contributed by atoms with Crippen LogP contribution in [0.5, 0.6) is 0 Å². The molecular weight excluding hydrogens is 440 g/mol. The van der Waals surface area contributed by atoms with Crippen molar-refractivity contribution in [3.8, 4) is 0 Å². The van der Waals surface area contributed by atoms with Crippen molar-refractivity contribution in [3.63, 3.8) is 0 Å². The fraction of sp³-hybridized carbons (Fsp3) is 0.172. The first-order valence-corrected chi connectivity index (χ1v) is 11.7. The molecule has 1 aliphatic carbocycles. The first-order chi connectivity index (χ1) is 17.1. The van der Waals surface area contributed by atoms with E-state index in [-0.39, 0.29) is 17.6 Å². The fourth-order valence-electron chi connectivity index (χ4n) is 5.09. The van der Waals surface area contributed by atoms with Gasteiger partial charge in [-0.15, -0.1) is 0 Å². The molecule has 1 N–H and O–H groups in total. The second kappa shape index (κ2) is 8.47. The van der Waals surface area contributed by atoms with Gasteiger partial charge in [0.15, 0.2) is 5.78 Å². The number of allylic oxidation sites excluding steroid dienone is 1. The van der Waals surface area contributed by atoms with Gasteiger partial charge in [0.25, 0.3) is 5.91 Å². The van der Waals surface area contributed by atoms with Crippen LogP contribution in [-0.4, -0.2) is 11.7 Å². The Bertz CT molecular complexity index is 1420. The Kier molecular flexibility index (Phi) is 5.14. The number of hydrogen-bond donors (Lipinski definition) is 1. The van der Waals surface area contributed by atoms with Crippen LogP contribution in [0.15, 0.2) is 105 Å². The Morgan fingerprint density at radius 3 is 2.31 bits per heavy atom. The zero-order chi connectivity index (χ0) is 23.9. The topological polar surface area (TPSA) is 75.7 Å². The van der Waals surface area contributed by atoms with Gasteiger partial charge < -0.3 is 14.2 Å². The van der Waals surface area contributed by atoms with Crippen LogP contribution < -0.4 is 10.2 Å². The molecule has 0 fully saturated rings. The highest BCUT2D eigenvalue weighted by atomic mass is 16.3. The number of hydrogen-bond acceptors (Lipinski definition) is 5. The lowest BCUT2D eigenvalue weighted by molar-refractivity contribution is -0.116. The number of furan rings is 2. The molecule has 4 aromatic rings. The lowest BCUT2D eigenvalue weighted by atomic mass is 9.81. The molecule has 3 heterocycles. The molecule has 0 unspecified atom stereocenters. The van der Waals surface area contributed by atoms with Gasteiger partial charge in [-0.05, 0) is 61.9 Å². The third-order valence-electron chi connectivity index (χ3n) is 6.76. The number of benzene rings is 2. The number of fused-ring (bicyclic) bond motifs is 1. The zero-order valence-corrected chi connectivity index (χ0v) is 19.2. The highest BCUT2D eigenvalue weighted by Crippen LogP contribution is 2.47. The highest BCUT2D eigenvalue weighted by Gasteiger charge is 2.43.